The summed E-state index contributed by atoms with van der Waals surface area (Å²) in [4.78, 5) is 40.1. The third-order valence-corrected chi connectivity index (χ3v) is 8.37. The minimum atomic E-state index is -0.540. The first kappa shape index (κ1) is 39.5. The van der Waals surface area contributed by atoms with E-state index in [9.17, 15) is 9.59 Å². The molecule has 15 nitrogen and oxygen atoms in total. The van der Waals surface area contributed by atoms with E-state index in [2.05, 4.69) is 35.4 Å². The lowest BCUT2D eigenvalue weighted by Crippen LogP contribution is -2.35. The van der Waals surface area contributed by atoms with Gasteiger partial charge in [0, 0.05) is 55.4 Å². The number of nitrogen functional groups attached to an aromatic ring is 1. The van der Waals surface area contributed by atoms with Crippen molar-refractivity contribution in [1.82, 2.24) is 24.8 Å². The summed E-state index contributed by atoms with van der Waals surface area (Å²) >= 11 is 4.16. The second-order valence-electron chi connectivity index (χ2n) is 12.7. The van der Waals surface area contributed by atoms with Crippen LogP contribution in [0.5, 0.6) is 0 Å². The van der Waals surface area contributed by atoms with Gasteiger partial charge in [-0.2, -0.15) is 0 Å². The first-order valence-electron chi connectivity index (χ1n) is 15.5. The first-order chi connectivity index (χ1) is 22.7. The number of aliphatic hydroxyl groups is 1. The SMILES string of the molecule is CC(C)(C)OC(=O)Nc1nc(CN2CCOCC2)cs1.CC(C)(C)OC(=O)Nc1nc(CO)cs1.Nc1nc(CN2CCOCC2)cs1. The maximum Gasteiger partial charge on any atom is 0.413 e. The minimum absolute atomic E-state index is 0.132. The number of amides is 2. The normalized spacial score (nSPS) is 15.7. The van der Waals surface area contributed by atoms with E-state index in [0.717, 1.165) is 77.1 Å². The molecule has 5 heterocycles. The molecule has 5 rings (SSSR count). The van der Waals surface area contributed by atoms with Crippen LogP contribution in [0.1, 0.15) is 58.6 Å². The molecule has 2 aliphatic rings. The molecular formula is C30H48N8O7S3. The lowest BCUT2D eigenvalue weighted by molar-refractivity contribution is 0.0336. The Bertz CT molecular complexity index is 1390. The lowest BCUT2D eigenvalue weighted by Gasteiger charge is -2.25. The molecule has 0 bridgehead atoms. The number of nitrogens with one attached hydrogen (secondary N) is 2. The number of carbonyl (C=O) groups is 2. The van der Waals surface area contributed by atoms with Gasteiger partial charge in [0.25, 0.3) is 0 Å². The van der Waals surface area contributed by atoms with E-state index in [1.54, 1.807) is 26.2 Å². The van der Waals surface area contributed by atoms with Gasteiger partial charge in [0.15, 0.2) is 15.4 Å². The van der Waals surface area contributed by atoms with E-state index in [4.69, 9.17) is 29.8 Å². The molecule has 0 unspecified atom stereocenters. The van der Waals surface area contributed by atoms with Crippen molar-refractivity contribution in [3.05, 3.63) is 33.2 Å². The zero-order chi connectivity index (χ0) is 35.2. The molecule has 48 heavy (non-hydrogen) atoms. The maximum atomic E-state index is 11.6. The van der Waals surface area contributed by atoms with E-state index in [1.807, 2.05) is 31.5 Å². The number of aromatic nitrogens is 3. The van der Waals surface area contributed by atoms with Gasteiger partial charge in [0.1, 0.15) is 11.2 Å². The summed E-state index contributed by atoms with van der Waals surface area (Å²) in [5, 5.41) is 21.2. The summed E-state index contributed by atoms with van der Waals surface area (Å²) in [6.45, 7) is 19.5. The number of nitrogens with zero attached hydrogens (tertiary/aromatic N) is 5. The molecule has 0 atom stereocenters. The van der Waals surface area contributed by atoms with Crippen molar-refractivity contribution in [2.24, 2.45) is 0 Å². The van der Waals surface area contributed by atoms with Gasteiger partial charge in [0.2, 0.25) is 0 Å². The molecule has 0 spiro atoms. The second-order valence-corrected chi connectivity index (χ2v) is 15.3. The highest BCUT2D eigenvalue weighted by Gasteiger charge is 2.19. The number of rotatable bonds is 7. The molecule has 5 N–H and O–H groups in total. The molecule has 268 valence electrons. The van der Waals surface area contributed by atoms with Crippen LogP contribution in [0.25, 0.3) is 0 Å². The summed E-state index contributed by atoms with van der Waals surface area (Å²) in [5.41, 5.74) is 7.09. The minimum Gasteiger partial charge on any atom is -0.444 e. The topological polar surface area (TPSA) is 187 Å². The predicted molar refractivity (Wildman–Crippen MR) is 189 cm³/mol. The number of thiazole rings is 3. The van der Waals surface area contributed by atoms with Gasteiger partial charge >= 0.3 is 12.2 Å². The van der Waals surface area contributed by atoms with Crippen LogP contribution in [0.2, 0.25) is 0 Å². The van der Waals surface area contributed by atoms with Gasteiger partial charge < -0.3 is 29.8 Å². The van der Waals surface area contributed by atoms with Crippen molar-refractivity contribution in [3.8, 4) is 0 Å². The molecule has 0 aliphatic carbocycles. The van der Waals surface area contributed by atoms with Crippen LogP contribution in [0.15, 0.2) is 16.1 Å². The van der Waals surface area contributed by atoms with Gasteiger partial charge in [-0.05, 0) is 41.5 Å². The molecule has 0 aromatic carbocycles. The van der Waals surface area contributed by atoms with Gasteiger partial charge in [-0.1, -0.05) is 0 Å². The molecule has 2 amide bonds. The van der Waals surface area contributed by atoms with Crippen molar-refractivity contribution in [1.29, 1.82) is 0 Å². The molecule has 3 aromatic heterocycles. The Morgan fingerprint density at radius 2 is 1.15 bits per heavy atom. The molecule has 2 aliphatic heterocycles. The first-order valence-corrected chi connectivity index (χ1v) is 18.1. The molecule has 2 saturated heterocycles. The highest BCUT2D eigenvalue weighted by molar-refractivity contribution is 7.14. The molecular weight excluding hydrogens is 681 g/mol. The Hall–Kier alpha value is -2.97. The van der Waals surface area contributed by atoms with E-state index in [1.165, 1.54) is 34.0 Å². The Kier molecular flexibility index (Phi) is 15.9. The van der Waals surface area contributed by atoms with Crippen molar-refractivity contribution < 1.29 is 33.6 Å². The van der Waals surface area contributed by atoms with E-state index >= 15 is 0 Å². The Morgan fingerprint density at radius 3 is 1.52 bits per heavy atom. The van der Waals surface area contributed by atoms with Crippen LogP contribution in [0.3, 0.4) is 0 Å². The molecule has 0 radical (unpaired) electrons. The summed E-state index contributed by atoms with van der Waals surface area (Å²) in [6.07, 6.45) is -1.01. The summed E-state index contributed by atoms with van der Waals surface area (Å²) in [5.74, 6) is 0. The van der Waals surface area contributed by atoms with Gasteiger partial charge in [0.05, 0.1) is 50.1 Å². The molecule has 3 aromatic rings. The van der Waals surface area contributed by atoms with Crippen LogP contribution < -0.4 is 16.4 Å². The largest absolute Gasteiger partial charge is 0.444 e. The van der Waals surface area contributed by atoms with Crippen LogP contribution in [0.4, 0.5) is 25.0 Å². The predicted octanol–water partition coefficient (Wildman–Crippen LogP) is 4.86. The number of nitrogens with two attached hydrogens (primary N) is 1. The van der Waals surface area contributed by atoms with Gasteiger partial charge in [-0.15, -0.1) is 34.0 Å². The van der Waals surface area contributed by atoms with E-state index in [-0.39, 0.29) is 6.61 Å². The number of anilines is 3. The molecule has 18 heteroatoms. The third-order valence-electron chi connectivity index (χ3n) is 6.03. The highest BCUT2D eigenvalue weighted by Crippen LogP contribution is 2.19. The van der Waals surface area contributed by atoms with Gasteiger partial charge in [-0.25, -0.2) is 24.5 Å². The summed E-state index contributed by atoms with van der Waals surface area (Å²) < 4.78 is 20.8. The second kappa shape index (κ2) is 19.3. The van der Waals surface area contributed by atoms with Crippen molar-refractivity contribution >= 4 is 61.6 Å². The smallest absolute Gasteiger partial charge is 0.413 e. The number of hydrogen-bond donors (Lipinski definition) is 4. The number of ether oxygens (including phenoxy) is 4. The van der Waals surface area contributed by atoms with Crippen molar-refractivity contribution in [2.75, 3.05) is 69.0 Å². The Labute approximate surface area is 293 Å². The monoisotopic (exact) mass is 728 g/mol. The standard InChI is InChI=1S/C13H21N3O3S.C9H14N2O3S.C8H13N3OS/c1-13(2,3)19-12(17)15-11-14-10(9-20-11)8-16-4-6-18-7-5-16;1-9(2,3)14-8(13)11-7-10-6(4-12)5-15-7;9-8-10-7(6-13-8)5-11-1-3-12-4-2-11/h9H,4-8H2,1-3H3,(H,14,15,17);5,12H,4H2,1-3H3,(H,10,11,13);6H,1-5H2,(H2,9,10). The Morgan fingerprint density at radius 1 is 0.750 bits per heavy atom. The average molecular weight is 729 g/mol. The number of hydrogen-bond acceptors (Lipinski definition) is 16. The van der Waals surface area contributed by atoms with Crippen LogP contribution in [-0.4, -0.2) is 106 Å². The highest BCUT2D eigenvalue weighted by atomic mass is 32.1. The van der Waals surface area contributed by atoms with Crippen LogP contribution in [0, 0.1) is 0 Å². The fourth-order valence-electron chi connectivity index (χ4n) is 4.03. The summed E-state index contributed by atoms with van der Waals surface area (Å²) in [7, 11) is 0. The zero-order valence-electron chi connectivity index (χ0n) is 28.4. The molecule has 2 fully saturated rings. The van der Waals surface area contributed by atoms with E-state index < -0.39 is 23.4 Å². The lowest BCUT2D eigenvalue weighted by atomic mass is 10.2. The summed E-state index contributed by atoms with van der Waals surface area (Å²) in [6, 6.07) is 0. The average Bonchev–Trinajstić information content (AvgIpc) is 3.74. The number of aliphatic hydroxyl groups excluding tert-OH is 1. The van der Waals surface area contributed by atoms with Crippen molar-refractivity contribution in [2.45, 2.75) is 72.4 Å². The van der Waals surface area contributed by atoms with Crippen molar-refractivity contribution in [3.63, 3.8) is 0 Å². The Balaban J connectivity index is 0.000000201. The maximum absolute atomic E-state index is 11.6. The van der Waals surface area contributed by atoms with Crippen LogP contribution >= 0.6 is 34.0 Å². The fourth-order valence-corrected chi connectivity index (χ4v) is 5.96. The van der Waals surface area contributed by atoms with E-state index in [0.29, 0.717) is 21.1 Å². The van der Waals surface area contributed by atoms with Crippen LogP contribution in [-0.2, 0) is 38.6 Å². The quantitative estimate of drug-likeness (QED) is 0.259. The number of morpholine rings is 2. The number of carbonyl (C=O) groups excluding carboxylic acids is 2. The van der Waals surface area contributed by atoms with Gasteiger partial charge in [-0.3, -0.25) is 20.4 Å². The fraction of sp³-hybridized carbons (Fsp3) is 0.633. The zero-order valence-corrected chi connectivity index (χ0v) is 30.9. The molecule has 0 saturated carbocycles. The third kappa shape index (κ3) is 16.4.